The van der Waals surface area contributed by atoms with Crippen LogP contribution in [0, 0.1) is 11.3 Å². The van der Waals surface area contributed by atoms with Gasteiger partial charge in [-0.3, -0.25) is 4.90 Å². The van der Waals surface area contributed by atoms with Crippen molar-refractivity contribution in [3.8, 4) is 17.6 Å². The minimum Gasteiger partial charge on any atom is -0.493 e. The van der Waals surface area contributed by atoms with Gasteiger partial charge in [-0.15, -0.1) is 0 Å². The van der Waals surface area contributed by atoms with Crippen LogP contribution in [0.15, 0.2) is 23.8 Å². The Kier molecular flexibility index (Phi) is 6.01. The van der Waals surface area contributed by atoms with E-state index in [0.29, 0.717) is 23.7 Å². The second kappa shape index (κ2) is 8.20. The van der Waals surface area contributed by atoms with Crippen molar-refractivity contribution in [2.75, 3.05) is 33.4 Å². The number of benzene rings is 1. The van der Waals surface area contributed by atoms with E-state index in [0.717, 1.165) is 19.6 Å². The zero-order valence-electron chi connectivity index (χ0n) is 13.1. The Morgan fingerprint density at radius 3 is 2.74 bits per heavy atom. The highest BCUT2D eigenvalue weighted by atomic mass is 16.5. The van der Waals surface area contributed by atoms with Crippen LogP contribution in [-0.2, 0) is 4.79 Å². The number of aliphatic carboxylic acids is 1. The minimum atomic E-state index is -1.25. The molecule has 0 unspecified atom stereocenters. The fourth-order valence-corrected chi connectivity index (χ4v) is 2.49. The smallest absolute Gasteiger partial charge is 0.346 e. The van der Waals surface area contributed by atoms with Gasteiger partial charge in [-0.2, -0.15) is 5.26 Å². The molecule has 1 aromatic carbocycles. The molecule has 122 valence electrons. The number of rotatable bonds is 7. The van der Waals surface area contributed by atoms with E-state index in [-0.39, 0.29) is 5.57 Å². The van der Waals surface area contributed by atoms with Gasteiger partial charge < -0.3 is 14.6 Å². The van der Waals surface area contributed by atoms with Crippen molar-refractivity contribution in [1.29, 1.82) is 5.26 Å². The molecule has 6 heteroatoms. The van der Waals surface area contributed by atoms with Crippen LogP contribution in [0.25, 0.3) is 6.08 Å². The molecule has 1 heterocycles. The molecule has 0 aliphatic carbocycles. The van der Waals surface area contributed by atoms with E-state index in [1.807, 2.05) is 0 Å². The van der Waals surface area contributed by atoms with Crippen LogP contribution >= 0.6 is 0 Å². The first kappa shape index (κ1) is 16.8. The van der Waals surface area contributed by atoms with Crippen molar-refractivity contribution in [3.63, 3.8) is 0 Å². The number of nitriles is 1. The van der Waals surface area contributed by atoms with E-state index < -0.39 is 5.97 Å². The van der Waals surface area contributed by atoms with Crippen LogP contribution < -0.4 is 9.47 Å². The fourth-order valence-electron chi connectivity index (χ4n) is 2.49. The topological polar surface area (TPSA) is 82.8 Å². The van der Waals surface area contributed by atoms with Crippen molar-refractivity contribution < 1.29 is 19.4 Å². The molecule has 0 spiro atoms. The summed E-state index contributed by atoms with van der Waals surface area (Å²) in [5.74, 6) is -0.127. The average molecular weight is 316 g/mol. The van der Waals surface area contributed by atoms with Gasteiger partial charge in [-0.25, -0.2) is 4.79 Å². The summed E-state index contributed by atoms with van der Waals surface area (Å²) in [5.41, 5.74) is 0.252. The first-order valence-corrected chi connectivity index (χ1v) is 7.52. The number of ether oxygens (including phenoxy) is 2. The highest BCUT2D eigenvalue weighted by molar-refractivity contribution is 5.96. The molecule has 0 saturated carbocycles. The van der Waals surface area contributed by atoms with Crippen LogP contribution in [-0.4, -0.2) is 49.3 Å². The molecule has 1 aromatic rings. The van der Waals surface area contributed by atoms with Gasteiger partial charge in [0.1, 0.15) is 18.2 Å². The summed E-state index contributed by atoms with van der Waals surface area (Å²) in [5, 5.41) is 17.7. The first-order valence-electron chi connectivity index (χ1n) is 7.52. The maximum Gasteiger partial charge on any atom is 0.346 e. The summed E-state index contributed by atoms with van der Waals surface area (Å²) < 4.78 is 11.0. The lowest BCUT2D eigenvalue weighted by Crippen LogP contribution is -2.25. The summed E-state index contributed by atoms with van der Waals surface area (Å²) in [6, 6.07) is 6.74. The highest BCUT2D eigenvalue weighted by Crippen LogP contribution is 2.29. The second-order valence-corrected chi connectivity index (χ2v) is 5.28. The maximum absolute atomic E-state index is 10.9. The third-order valence-electron chi connectivity index (χ3n) is 3.71. The molecule has 0 amide bonds. The predicted octanol–water partition coefficient (Wildman–Crippen LogP) is 2.16. The van der Waals surface area contributed by atoms with Crippen LogP contribution in [0.1, 0.15) is 18.4 Å². The maximum atomic E-state index is 10.9. The van der Waals surface area contributed by atoms with Crippen molar-refractivity contribution in [3.05, 3.63) is 29.3 Å². The molecule has 1 N–H and O–H groups in total. The summed E-state index contributed by atoms with van der Waals surface area (Å²) in [6.07, 6.45) is 3.79. The van der Waals surface area contributed by atoms with Crippen LogP contribution in [0.5, 0.6) is 11.5 Å². The molecule has 0 aromatic heterocycles. The van der Waals surface area contributed by atoms with Crippen LogP contribution in [0.3, 0.4) is 0 Å². The molecule has 2 rings (SSSR count). The van der Waals surface area contributed by atoms with Crippen LogP contribution in [0.4, 0.5) is 0 Å². The average Bonchev–Trinajstić information content (AvgIpc) is 3.06. The van der Waals surface area contributed by atoms with E-state index in [4.69, 9.17) is 19.8 Å². The van der Waals surface area contributed by atoms with Crippen molar-refractivity contribution >= 4 is 12.0 Å². The molecule has 1 saturated heterocycles. The molecule has 0 radical (unpaired) electrons. The molecular weight excluding hydrogens is 296 g/mol. The first-order chi connectivity index (χ1) is 11.1. The number of carboxylic acid groups (broad SMARTS) is 1. The number of hydrogen-bond acceptors (Lipinski definition) is 5. The number of carboxylic acids is 1. The Morgan fingerprint density at radius 1 is 1.39 bits per heavy atom. The van der Waals surface area contributed by atoms with Crippen molar-refractivity contribution in [2.45, 2.75) is 12.8 Å². The predicted molar refractivity (Wildman–Crippen MR) is 85.4 cm³/mol. The van der Waals surface area contributed by atoms with Gasteiger partial charge in [-0.1, -0.05) is 6.07 Å². The Bertz CT molecular complexity index is 628. The second-order valence-electron chi connectivity index (χ2n) is 5.28. The lowest BCUT2D eigenvalue weighted by atomic mass is 10.1. The van der Waals surface area contributed by atoms with E-state index in [1.165, 1.54) is 26.0 Å². The molecule has 1 aliphatic heterocycles. The lowest BCUT2D eigenvalue weighted by molar-refractivity contribution is -0.132. The monoisotopic (exact) mass is 316 g/mol. The van der Waals surface area contributed by atoms with E-state index in [2.05, 4.69) is 4.90 Å². The number of carbonyl (C=O) groups is 1. The molecule has 23 heavy (non-hydrogen) atoms. The number of hydrogen-bond donors (Lipinski definition) is 1. The molecule has 0 atom stereocenters. The van der Waals surface area contributed by atoms with Crippen molar-refractivity contribution in [1.82, 2.24) is 4.90 Å². The van der Waals surface area contributed by atoms with Gasteiger partial charge in [0.25, 0.3) is 0 Å². The third-order valence-corrected chi connectivity index (χ3v) is 3.71. The zero-order chi connectivity index (χ0) is 16.7. The SMILES string of the molecule is COc1cc(C=C(C#N)C(=O)O)ccc1OCCN1CCCC1. The molecular formula is C17H20N2O4. The Morgan fingerprint density at radius 2 is 2.13 bits per heavy atom. The summed E-state index contributed by atoms with van der Waals surface area (Å²) in [6.45, 7) is 3.69. The van der Waals surface area contributed by atoms with E-state index >= 15 is 0 Å². The largest absolute Gasteiger partial charge is 0.493 e. The van der Waals surface area contributed by atoms with Gasteiger partial charge in [-0.05, 0) is 49.7 Å². The molecule has 6 nitrogen and oxygen atoms in total. The molecule has 0 bridgehead atoms. The van der Waals surface area contributed by atoms with Crippen molar-refractivity contribution in [2.24, 2.45) is 0 Å². The summed E-state index contributed by atoms with van der Waals surface area (Å²) >= 11 is 0. The van der Waals surface area contributed by atoms with Gasteiger partial charge in [0.2, 0.25) is 0 Å². The Balaban J connectivity index is 2.04. The van der Waals surface area contributed by atoms with Crippen LogP contribution in [0.2, 0.25) is 0 Å². The fraction of sp³-hybridized carbons (Fsp3) is 0.412. The Labute approximate surface area is 135 Å². The van der Waals surface area contributed by atoms with Gasteiger partial charge in [0, 0.05) is 6.54 Å². The molecule has 1 aliphatic rings. The molecule has 1 fully saturated rings. The third kappa shape index (κ3) is 4.73. The van der Waals surface area contributed by atoms with E-state index in [9.17, 15) is 4.79 Å². The number of likely N-dealkylation sites (tertiary alicyclic amines) is 1. The zero-order valence-corrected chi connectivity index (χ0v) is 13.1. The van der Waals surface area contributed by atoms with Gasteiger partial charge in [0.05, 0.1) is 7.11 Å². The number of nitrogens with zero attached hydrogens (tertiary/aromatic N) is 2. The quantitative estimate of drug-likeness (QED) is 0.613. The van der Waals surface area contributed by atoms with Gasteiger partial charge >= 0.3 is 5.97 Å². The minimum absolute atomic E-state index is 0.324. The Hall–Kier alpha value is -2.52. The van der Waals surface area contributed by atoms with E-state index in [1.54, 1.807) is 24.3 Å². The summed E-state index contributed by atoms with van der Waals surface area (Å²) in [7, 11) is 1.53. The summed E-state index contributed by atoms with van der Waals surface area (Å²) in [4.78, 5) is 13.2. The standard InChI is InChI=1S/C17H20N2O4/c1-22-16-11-13(10-14(12-18)17(20)21)4-5-15(16)23-9-8-19-6-2-3-7-19/h4-5,10-11H,2-3,6-9H2,1H3,(H,20,21). The highest BCUT2D eigenvalue weighted by Gasteiger charge is 2.12. The normalized spacial score (nSPS) is 15.2. The number of methoxy groups -OCH3 is 1. The lowest BCUT2D eigenvalue weighted by Gasteiger charge is -2.16. The van der Waals surface area contributed by atoms with Gasteiger partial charge in [0.15, 0.2) is 11.5 Å².